The molecule has 0 aromatic heterocycles. The van der Waals surface area contributed by atoms with Crippen molar-refractivity contribution >= 4 is 23.8 Å². The third-order valence-corrected chi connectivity index (χ3v) is 2.15. The lowest BCUT2D eigenvalue weighted by Gasteiger charge is -2.00. The molecule has 0 bridgehead atoms. The van der Waals surface area contributed by atoms with Gasteiger partial charge in [0.25, 0.3) is 0 Å². The first-order valence-electron chi connectivity index (χ1n) is 2.88. The second-order valence-corrected chi connectivity index (χ2v) is 5.29. The smallest absolute Gasteiger partial charge is 0.171 e. The lowest BCUT2D eigenvalue weighted by molar-refractivity contribution is 0.395. The Morgan fingerprint density at radius 2 is 2.25 bits per heavy atom. The summed E-state index contributed by atoms with van der Waals surface area (Å²) in [5, 5.41) is 0. The van der Waals surface area contributed by atoms with Gasteiger partial charge in [0.2, 0.25) is 0 Å². The highest BCUT2D eigenvalue weighted by Gasteiger charge is 1.89. The van der Waals surface area contributed by atoms with Crippen LogP contribution in [0.3, 0.4) is 0 Å². The highest BCUT2D eigenvalue weighted by atomic mass is 28.3. The molecule has 1 nitrogen and oxygen atoms in total. The molecule has 47 valence electrons. The average molecular weight is 145 g/mol. The summed E-state index contributed by atoms with van der Waals surface area (Å²) < 4.78 is 5.37. The van der Waals surface area contributed by atoms with E-state index in [1.165, 1.54) is 0 Å². The SMILES string of the molecule is C[Si]=CCO[SiH](C)C. The molecule has 0 aliphatic heterocycles. The summed E-state index contributed by atoms with van der Waals surface area (Å²) >= 11 is 0. The maximum atomic E-state index is 5.37. The minimum atomic E-state index is -0.729. The molecule has 0 heterocycles. The summed E-state index contributed by atoms with van der Waals surface area (Å²) in [5.74, 6) is 0. The first-order chi connectivity index (χ1) is 3.77. The quantitative estimate of drug-likeness (QED) is 0.527. The van der Waals surface area contributed by atoms with Crippen LogP contribution in [-0.4, -0.2) is 30.5 Å². The zero-order valence-electron chi connectivity index (χ0n) is 5.77. The Kier molecular flexibility index (Phi) is 5.58. The van der Waals surface area contributed by atoms with Gasteiger partial charge < -0.3 is 4.43 Å². The lowest BCUT2D eigenvalue weighted by atomic mass is 10.9. The van der Waals surface area contributed by atoms with Crippen LogP contribution in [0.1, 0.15) is 0 Å². The van der Waals surface area contributed by atoms with Gasteiger partial charge in [0.15, 0.2) is 9.04 Å². The van der Waals surface area contributed by atoms with Gasteiger partial charge in [0.05, 0.1) is 0 Å². The molecule has 0 aromatic carbocycles. The fourth-order valence-electron chi connectivity index (χ4n) is 0.324. The van der Waals surface area contributed by atoms with Crippen LogP contribution < -0.4 is 0 Å². The summed E-state index contributed by atoms with van der Waals surface area (Å²) in [5.41, 5.74) is 2.19. The second kappa shape index (κ2) is 5.40. The summed E-state index contributed by atoms with van der Waals surface area (Å²) in [7, 11) is 0.201. The number of rotatable bonds is 3. The van der Waals surface area contributed by atoms with Gasteiger partial charge in [-0.25, -0.2) is 0 Å². The van der Waals surface area contributed by atoms with Gasteiger partial charge in [-0.15, -0.1) is 0 Å². The first-order valence-corrected chi connectivity index (χ1v) is 7.23. The van der Waals surface area contributed by atoms with Crippen LogP contribution >= 0.6 is 0 Å². The monoisotopic (exact) mass is 145 g/mol. The number of hydrogen-bond acceptors (Lipinski definition) is 1. The molecule has 3 heteroatoms. The van der Waals surface area contributed by atoms with Crippen molar-refractivity contribution in [2.24, 2.45) is 0 Å². The van der Waals surface area contributed by atoms with Gasteiger partial charge in [-0.2, -0.15) is 0 Å². The van der Waals surface area contributed by atoms with Crippen LogP contribution in [0.4, 0.5) is 0 Å². The average Bonchev–Trinajstić information content (AvgIpc) is 1.66. The van der Waals surface area contributed by atoms with E-state index in [0.717, 1.165) is 15.7 Å². The third kappa shape index (κ3) is 6.26. The van der Waals surface area contributed by atoms with E-state index in [1.54, 1.807) is 0 Å². The molecule has 0 unspecified atom stereocenters. The van der Waals surface area contributed by atoms with Crippen molar-refractivity contribution in [3.05, 3.63) is 0 Å². The molecule has 0 saturated heterocycles. The van der Waals surface area contributed by atoms with E-state index >= 15 is 0 Å². The van der Waals surface area contributed by atoms with Crippen LogP contribution in [0, 0.1) is 0 Å². The Morgan fingerprint density at radius 3 is 2.62 bits per heavy atom. The Balaban J connectivity index is 2.93. The van der Waals surface area contributed by atoms with Crippen LogP contribution in [0.15, 0.2) is 0 Å². The minimum Gasteiger partial charge on any atom is -0.417 e. The van der Waals surface area contributed by atoms with E-state index in [4.69, 9.17) is 4.43 Å². The van der Waals surface area contributed by atoms with E-state index in [-0.39, 0.29) is 0 Å². The van der Waals surface area contributed by atoms with Gasteiger partial charge in [-0.3, -0.25) is 0 Å². The van der Waals surface area contributed by atoms with E-state index in [1.807, 2.05) is 0 Å². The van der Waals surface area contributed by atoms with Crippen molar-refractivity contribution < 1.29 is 4.43 Å². The predicted molar refractivity (Wildman–Crippen MR) is 42.5 cm³/mol. The maximum absolute atomic E-state index is 5.37. The molecule has 0 fully saturated rings. The predicted octanol–water partition coefficient (Wildman–Crippen LogP) is 0.541. The molecule has 0 atom stereocenters. The first kappa shape index (κ1) is 8.26. The highest BCUT2D eigenvalue weighted by Crippen LogP contribution is 1.78. The molecular weight excluding hydrogens is 132 g/mol. The summed E-state index contributed by atoms with van der Waals surface area (Å²) in [6, 6.07) is 0. The molecule has 0 aliphatic rings. The zero-order chi connectivity index (χ0) is 6.41. The third-order valence-electron chi connectivity index (χ3n) is 0.717. The summed E-state index contributed by atoms with van der Waals surface area (Å²) in [6.45, 7) is 7.41. The largest absolute Gasteiger partial charge is 0.417 e. The molecule has 0 saturated carbocycles. The molecule has 0 amide bonds. The molecule has 1 radical (unpaired) electrons. The summed E-state index contributed by atoms with van der Waals surface area (Å²) in [6.07, 6.45) is 0. The van der Waals surface area contributed by atoms with Crippen molar-refractivity contribution in [3.8, 4) is 0 Å². The molecule has 0 rings (SSSR count). The van der Waals surface area contributed by atoms with E-state index < -0.39 is 9.04 Å². The van der Waals surface area contributed by atoms with Gasteiger partial charge in [0, 0.05) is 15.7 Å². The minimum absolute atomic E-state index is 0.729. The fraction of sp³-hybridized carbons (Fsp3) is 0.800. The van der Waals surface area contributed by atoms with Crippen LogP contribution in [0.2, 0.25) is 19.6 Å². The molecule has 0 N–H and O–H groups in total. The fourth-order valence-corrected chi connectivity index (χ4v) is 1.26. The van der Waals surface area contributed by atoms with Gasteiger partial charge in [-0.05, 0) is 13.1 Å². The molecule has 8 heavy (non-hydrogen) atoms. The van der Waals surface area contributed by atoms with Gasteiger partial charge in [0.1, 0.15) is 0 Å². The van der Waals surface area contributed by atoms with Crippen LogP contribution in [-0.2, 0) is 4.43 Å². The standard InChI is InChI=1S/C5H13OSi2/c1-7-5-4-6-8(2)3/h5,8H,4H2,1-3H3. The van der Waals surface area contributed by atoms with E-state index in [2.05, 4.69) is 25.3 Å². The molecule has 0 aliphatic carbocycles. The lowest BCUT2D eigenvalue weighted by Crippen LogP contribution is -2.09. The second-order valence-electron chi connectivity index (χ2n) is 1.87. The van der Waals surface area contributed by atoms with Crippen molar-refractivity contribution in [2.45, 2.75) is 19.6 Å². The Morgan fingerprint density at radius 1 is 1.62 bits per heavy atom. The Hall–Kier alpha value is 0.264. The van der Waals surface area contributed by atoms with Crippen molar-refractivity contribution in [2.75, 3.05) is 6.61 Å². The van der Waals surface area contributed by atoms with Gasteiger partial charge >= 0.3 is 0 Å². The molecule has 0 spiro atoms. The Labute approximate surface area is 55.2 Å². The summed E-state index contributed by atoms with van der Waals surface area (Å²) in [4.78, 5) is 0. The number of hydrogen-bond donors (Lipinski definition) is 0. The zero-order valence-corrected chi connectivity index (χ0v) is 7.92. The van der Waals surface area contributed by atoms with Gasteiger partial charge in [-0.1, -0.05) is 12.2 Å². The van der Waals surface area contributed by atoms with Crippen molar-refractivity contribution in [3.63, 3.8) is 0 Å². The van der Waals surface area contributed by atoms with Crippen LogP contribution in [0.5, 0.6) is 0 Å². The molecular formula is C5H13OSi2. The van der Waals surface area contributed by atoms with Crippen molar-refractivity contribution in [1.82, 2.24) is 0 Å². The van der Waals surface area contributed by atoms with E-state index in [0.29, 0.717) is 0 Å². The molecule has 0 aromatic rings. The van der Waals surface area contributed by atoms with Crippen LogP contribution in [0.25, 0.3) is 0 Å². The highest BCUT2D eigenvalue weighted by molar-refractivity contribution is 6.50. The van der Waals surface area contributed by atoms with Crippen molar-refractivity contribution in [1.29, 1.82) is 0 Å². The van der Waals surface area contributed by atoms with E-state index in [9.17, 15) is 0 Å². The topological polar surface area (TPSA) is 9.23 Å². The Bertz CT molecular complexity index is 70.8. The maximum Gasteiger partial charge on any atom is 0.171 e. The normalized spacial score (nSPS) is 11.5.